The van der Waals surface area contributed by atoms with Gasteiger partial charge in [0.1, 0.15) is 5.75 Å². The van der Waals surface area contributed by atoms with Crippen molar-refractivity contribution in [3.05, 3.63) is 24.0 Å². The van der Waals surface area contributed by atoms with E-state index in [-0.39, 0.29) is 6.04 Å². The van der Waals surface area contributed by atoms with Crippen molar-refractivity contribution in [1.82, 2.24) is 10.3 Å². The fourth-order valence-corrected chi connectivity index (χ4v) is 1.86. The summed E-state index contributed by atoms with van der Waals surface area (Å²) in [5.74, 6) is 0.836. The van der Waals surface area contributed by atoms with E-state index in [1.54, 1.807) is 6.20 Å². The highest BCUT2D eigenvalue weighted by atomic mass is 16.5. The first-order valence-electron chi connectivity index (χ1n) is 7.70. The van der Waals surface area contributed by atoms with Crippen molar-refractivity contribution in [3.8, 4) is 5.75 Å². The average molecular weight is 280 g/mol. The lowest BCUT2D eigenvalue weighted by Crippen LogP contribution is -2.26. The van der Waals surface area contributed by atoms with Gasteiger partial charge in [-0.3, -0.25) is 4.98 Å². The molecule has 1 aromatic rings. The Kier molecular flexibility index (Phi) is 9.00. The number of hydrogen-bond donors (Lipinski definition) is 1. The van der Waals surface area contributed by atoms with E-state index in [0.717, 1.165) is 50.3 Å². The first kappa shape index (κ1) is 16.9. The third-order valence-corrected chi connectivity index (χ3v) is 2.88. The molecule has 1 N–H and O–H groups in total. The number of ether oxygens (including phenoxy) is 2. The predicted octanol–water partition coefficient (Wildman–Crippen LogP) is 3.34. The molecule has 20 heavy (non-hydrogen) atoms. The van der Waals surface area contributed by atoms with Crippen LogP contribution >= 0.6 is 0 Å². The highest BCUT2D eigenvalue weighted by Gasteiger charge is 2.12. The maximum Gasteiger partial charge on any atom is 0.137 e. The van der Waals surface area contributed by atoms with Gasteiger partial charge in [0.2, 0.25) is 0 Å². The van der Waals surface area contributed by atoms with Crippen molar-refractivity contribution >= 4 is 0 Å². The molecule has 4 heteroatoms. The van der Waals surface area contributed by atoms with Crippen molar-refractivity contribution < 1.29 is 9.47 Å². The molecule has 1 unspecified atom stereocenters. The van der Waals surface area contributed by atoms with Crippen LogP contribution in [0.4, 0.5) is 0 Å². The molecule has 0 fully saturated rings. The van der Waals surface area contributed by atoms with Crippen molar-refractivity contribution in [1.29, 1.82) is 0 Å². The third-order valence-electron chi connectivity index (χ3n) is 2.88. The summed E-state index contributed by atoms with van der Waals surface area (Å²) in [6, 6.07) is 2.24. The van der Waals surface area contributed by atoms with Crippen LogP contribution in [0.15, 0.2) is 18.5 Å². The van der Waals surface area contributed by atoms with Gasteiger partial charge in [0.25, 0.3) is 0 Å². The van der Waals surface area contributed by atoms with E-state index in [1.807, 2.05) is 6.20 Å². The summed E-state index contributed by atoms with van der Waals surface area (Å²) in [6.07, 6.45) is 6.80. The van der Waals surface area contributed by atoms with E-state index in [9.17, 15) is 0 Å². The minimum Gasteiger partial charge on any atom is -0.492 e. The summed E-state index contributed by atoms with van der Waals surface area (Å²) in [5, 5.41) is 3.51. The van der Waals surface area contributed by atoms with Gasteiger partial charge in [-0.05, 0) is 37.4 Å². The highest BCUT2D eigenvalue weighted by Crippen LogP contribution is 2.18. The van der Waals surface area contributed by atoms with Crippen molar-refractivity contribution in [2.75, 3.05) is 26.4 Å². The van der Waals surface area contributed by atoms with E-state index in [4.69, 9.17) is 9.47 Å². The second kappa shape index (κ2) is 10.6. The highest BCUT2D eigenvalue weighted by molar-refractivity contribution is 5.26. The molecule has 1 rings (SSSR count). The van der Waals surface area contributed by atoms with Gasteiger partial charge in [0.15, 0.2) is 0 Å². The quantitative estimate of drug-likeness (QED) is 0.631. The second-order valence-electron chi connectivity index (χ2n) is 4.88. The Morgan fingerprint density at radius 1 is 1.10 bits per heavy atom. The fraction of sp³-hybridized carbons (Fsp3) is 0.688. The molecule has 0 saturated carbocycles. The van der Waals surface area contributed by atoms with Gasteiger partial charge in [-0.15, -0.1) is 0 Å². The van der Waals surface area contributed by atoms with Gasteiger partial charge < -0.3 is 14.8 Å². The van der Waals surface area contributed by atoms with Crippen LogP contribution in [0.3, 0.4) is 0 Å². The summed E-state index contributed by atoms with van der Waals surface area (Å²) >= 11 is 0. The zero-order valence-electron chi connectivity index (χ0n) is 13.0. The molecule has 0 bridgehead atoms. The van der Waals surface area contributed by atoms with Gasteiger partial charge >= 0.3 is 0 Å². The summed E-state index contributed by atoms with van der Waals surface area (Å²) in [4.78, 5) is 4.27. The Labute approximate surface area is 122 Å². The molecule has 0 aliphatic rings. The zero-order valence-corrected chi connectivity index (χ0v) is 13.0. The standard InChI is InChI=1S/C16H28N2O2/c1-4-7-18-16(13-19-8-5-2)14-10-15(12-17-11-14)20-9-6-3/h10-12,16,18H,4-9,13H2,1-3H3. The predicted molar refractivity (Wildman–Crippen MR) is 82.2 cm³/mol. The number of nitrogens with zero attached hydrogens (tertiary/aromatic N) is 1. The molecule has 0 aromatic carbocycles. The van der Waals surface area contributed by atoms with E-state index in [0.29, 0.717) is 6.61 Å². The lowest BCUT2D eigenvalue weighted by atomic mass is 10.1. The Balaban J connectivity index is 2.66. The summed E-state index contributed by atoms with van der Waals surface area (Å²) in [6.45, 7) is 9.55. The van der Waals surface area contributed by atoms with E-state index >= 15 is 0 Å². The van der Waals surface area contributed by atoms with Crippen LogP contribution < -0.4 is 10.1 Å². The maximum absolute atomic E-state index is 5.69. The maximum atomic E-state index is 5.69. The van der Waals surface area contributed by atoms with Crippen LogP contribution in [-0.2, 0) is 4.74 Å². The normalized spacial score (nSPS) is 12.3. The molecule has 0 amide bonds. The van der Waals surface area contributed by atoms with Gasteiger partial charge in [0, 0.05) is 12.8 Å². The lowest BCUT2D eigenvalue weighted by Gasteiger charge is -2.19. The van der Waals surface area contributed by atoms with Gasteiger partial charge in [-0.2, -0.15) is 0 Å². The van der Waals surface area contributed by atoms with Crippen LogP contribution in [0, 0.1) is 0 Å². The largest absolute Gasteiger partial charge is 0.492 e. The van der Waals surface area contributed by atoms with E-state index < -0.39 is 0 Å². The summed E-state index contributed by atoms with van der Waals surface area (Å²) < 4.78 is 11.3. The van der Waals surface area contributed by atoms with Crippen LogP contribution in [0.2, 0.25) is 0 Å². The Morgan fingerprint density at radius 2 is 1.90 bits per heavy atom. The molecule has 0 aliphatic carbocycles. The lowest BCUT2D eigenvalue weighted by molar-refractivity contribution is 0.112. The zero-order chi connectivity index (χ0) is 14.6. The van der Waals surface area contributed by atoms with E-state index in [2.05, 4.69) is 37.1 Å². The number of nitrogens with one attached hydrogen (secondary N) is 1. The molecule has 114 valence electrons. The first-order valence-corrected chi connectivity index (χ1v) is 7.70. The minimum atomic E-state index is 0.180. The molecular weight excluding hydrogens is 252 g/mol. The molecule has 0 aliphatic heterocycles. The molecule has 0 saturated heterocycles. The van der Waals surface area contributed by atoms with Gasteiger partial charge in [0.05, 0.1) is 25.5 Å². The van der Waals surface area contributed by atoms with Crippen LogP contribution in [-0.4, -0.2) is 31.3 Å². The number of aromatic nitrogens is 1. The Morgan fingerprint density at radius 3 is 2.60 bits per heavy atom. The minimum absolute atomic E-state index is 0.180. The van der Waals surface area contributed by atoms with Gasteiger partial charge in [-0.25, -0.2) is 0 Å². The monoisotopic (exact) mass is 280 g/mol. The average Bonchev–Trinajstić information content (AvgIpc) is 2.49. The molecule has 0 radical (unpaired) electrons. The van der Waals surface area contributed by atoms with Crippen LogP contribution in [0.5, 0.6) is 5.75 Å². The third kappa shape index (κ3) is 6.35. The smallest absolute Gasteiger partial charge is 0.137 e. The molecular formula is C16H28N2O2. The van der Waals surface area contributed by atoms with Crippen molar-refractivity contribution in [2.24, 2.45) is 0 Å². The molecule has 1 heterocycles. The molecule has 4 nitrogen and oxygen atoms in total. The van der Waals surface area contributed by atoms with Crippen molar-refractivity contribution in [2.45, 2.75) is 46.1 Å². The van der Waals surface area contributed by atoms with E-state index in [1.165, 1.54) is 0 Å². The topological polar surface area (TPSA) is 43.4 Å². The van der Waals surface area contributed by atoms with Gasteiger partial charge in [-0.1, -0.05) is 20.8 Å². The SMILES string of the molecule is CCCNC(COCCC)c1cncc(OCCC)c1. The van der Waals surface area contributed by atoms with Crippen molar-refractivity contribution in [3.63, 3.8) is 0 Å². The number of rotatable bonds is 11. The molecule has 1 aromatic heterocycles. The second-order valence-corrected chi connectivity index (χ2v) is 4.88. The fourth-order valence-electron chi connectivity index (χ4n) is 1.86. The van der Waals surface area contributed by atoms with Crippen LogP contribution in [0.25, 0.3) is 0 Å². The van der Waals surface area contributed by atoms with Crippen LogP contribution in [0.1, 0.15) is 51.6 Å². The molecule has 0 spiro atoms. The summed E-state index contributed by atoms with van der Waals surface area (Å²) in [7, 11) is 0. The summed E-state index contributed by atoms with van der Waals surface area (Å²) in [5.41, 5.74) is 1.13. The molecule has 1 atom stereocenters. The first-order chi connectivity index (χ1) is 9.81. The Bertz CT molecular complexity index is 358. The number of pyridine rings is 1. The number of hydrogen-bond acceptors (Lipinski definition) is 4. The Hall–Kier alpha value is -1.13.